The number of imidazole rings is 1. The molecular formula is C28H28N2O2. The van der Waals surface area contributed by atoms with Crippen LogP contribution in [0.15, 0.2) is 72.8 Å². The first-order valence-electron chi connectivity index (χ1n) is 11.6. The highest BCUT2D eigenvalue weighted by atomic mass is 16.4. The monoisotopic (exact) mass is 424 g/mol. The maximum atomic E-state index is 11.5. The minimum atomic E-state index is -0.913. The van der Waals surface area contributed by atoms with Crippen LogP contribution >= 0.6 is 0 Å². The van der Waals surface area contributed by atoms with Crippen molar-refractivity contribution in [3.63, 3.8) is 0 Å². The number of carboxylic acids is 1. The van der Waals surface area contributed by atoms with Crippen LogP contribution in [0, 0.1) is 0 Å². The van der Waals surface area contributed by atoms with Crippen LogP contribution in [-0.2, 0) is 12.8 Å². The van der Waals surface area contributed by atoms with Gasteiger partial charge in [0.15, 0.2) is 0 Å². The van der Waals surface area contributed by atoms with Gasteiger partial charge in [-0.2, -0.15) is 0 Å². The van der Waals surface area contributed by atoms with Crippen molar-refractivity contribution < 1.29 is 9.90 Å². The van der Waals surface area contributed by atoms with Crippen LogP contribution in [0.3, 0.4) is 0 Å². The van der Waals surface area contributed by atoms with Crippen molar-refractivity contribution in [2.75, 3.05) is 0 Å². The minimum Gasteiger partial charge on any atom is -0.478 e. The van der Waals surface area contributed by atoms with Gasteiger partial charge in [-0.05, 0) is 55.0 Å². The molecule has 0 aliphatic heterocycles. The summed E-state index contributed by atoms with van der Waals surface area (Å²) in [6, 6.07) is 25.0. The molecule has 1 saturated carbocycles. The van der Waals surface area contributed by atoms with E-state index in [4.69, 9.17) is 4.98 Å². The van der Waals surface area contributed by atoms with Crippen LogP contribution in [0.1, 0.15) is 59.6 Å². The van der Waals surface area contributed by atoms with Crippen LogP contribution < -0.4 is 0 Å². The van der Waals surface area contributed by atoms with Gasteiger partial charge in [0.05, 0.1) is 16.6 Å². The largest absolute Gasteiger partial charge is 0.478 e. The molecule has 32 heavy (non-hydrogen) atoms. The second kappa shape index (κ2) is 8.99. The molecule has 4 aromatic rings. The van der Waals surface area contributed by atoms with Gasteiger partial charge in [0.25, 0.3) is 0 Å². The third-order valence-electron chi connectivity index (χ3n) is 6.63. The van der Waals surface area contributed by atoms with Crippen molar-refractivity contribution in [1.29, 1.82) is 0 Å². The molecule has 0 spiro atoms. The van der Waals surface area contributed by atoms with Crippen LogP contribution in [0.25, 0.3) is 22.4 Å². The quantitative estimate of drug-likeness (QED) is 0.375. The molecule has 0 saturated heterocycles. The molecule has 4 heteroatoms. The molecule has 0 bridgehead atoms. The number of hydrogen-bond acceptors (Lipinski definition) is 2. The summed E-state index contributed by atoms with van der Waals surface area (Å²) in [6.07, 6.45) is 8.08. The Bertz CT molecular complexity index is 1220. The Morgan fingerprint density at radius 1 is 0.875 bits per heavy atom. The Hall–Kier alpha value is -3.40. The molecular weight excluding hydrogens is 396 g/mol. The summed E-state index contributed by atoms with van der Waals surface area (Å²) in [4.78, 5) is 16.4. The van der Waals surface area contributed by atoms with Gasteiger partial charge in [-0.3, -0.25) is 0 Å². The molecule has 1 fully saturated rings. The minimum absolute atomic E-state index is 0.286. The van der Waals surface area contributed by atoms with Gasteiger partial charge in [0.1, 0.15) is 5.82 Å². The van der Waals surface area contributed by atoms with E-state index < -0.39 is 5.97 Å². The highest BCUT2D eigenvalue weighted by Crippen LogP contribution is 2.36. The number of nitrogens with zero attached hydrogens (tertiary/aromatic N) is 2. The third-order valence-corrected chi connectivity index (χ3v) is 6.63. The number of aromatic carboxylic acids is 1. The lowest BCUT2D eigenvalue weighted by Crippen LogP contribution is -2.14. The van der Waals surface area contributed by atoms with E-state index in [9.17, 15) is 9.90 Å². The zero-order chi connectivity index (χ0) is 21.9. The summed E-state index contributed by atoms with van der Waals surface area (Å²) >= 11 is 0. The lowest BCUT2D eigenvalue weighted by molar-refractivity contribution is 0.0697. The van der Waals surface area contributed by atoms with Crippen LogP contribution in [0.5, 0.6) is 0 Å². The van der Waals surface area contributed by atoms with Crippen molar-refractivity contribution in [2.24, 2.45) is 0 Å². The number of hydrogen-bond donors (Lipinski definition) is 1. The molecule has 3 aromatic carbocycles. The molecule has 1 heterocycles. The highest BCUT2D eigenvalue weighted by Gasteiger charge is 2.23. The summed E-state index contributed by atoms with van der Waals surface area (Å²) in [5, 5.41) is 9.41. The van der Waals surface area contributed by atoms with E-state index in [-0.39, 0.29) is 5.56 Å². The smallest absolute Gasteiger partial charge is 0.335 e. The first-order chi connectivity index (χ1) is 15.7. The van der Waals surface area contributed by atoms with E-state index in [2.05, 4.69) is 59.2 Å². The van der Waals surface area contributed by atoms with Gasteiger partial charge in [-0.25, -0.2) is 9.78 Å². The Kier molecular flexibility index (Phi) is 5.76. The van der Waals surface area contributed by atoms with Crippen LogP contribution in [-0.4, -0.2) is 20.6 Å². The van der Waals surface area contributed by atoms with Gasteiger partial charge in [-0.15, -0.1) is 0 Å². The number of aromatic nitrogens is 2. The number of aryl methyl sites for hydroxylation is 2. The Morgan fingerprint density at radius 3 is 2.25 bits per heavy atom. The van der Waals surface area contributed by atoms with E-state index in [1.807, 2.05) is 6.07 Å². The van der Waals surface area contributed by atoms with Crippen LogP contribution in [0.2, 0.25) is 0 Å². The summed E-state index contributed by atoms with van der Waals surface area (Å²) in [5.41, 5.74) is 5.83. The van der Waals surface area contributed by atoms with Crippen molar-refractivity contribution in [3.05, 3.63) is 89.5 Å². The van der Waals surface area contributed by atoms with Crippen molar-refractivity contribution in [2.45, 2.75) is 51.0 Å². The van der Waals surface area contributed by atoms with Gasteiger partial charge in [-0.1, -0.05) is 73.9 Å². The number of carboxylic acid groups (broad SMARTS) is 1. The fourth-order valence-corrected chi connectivity index (χ4v) is 4.90. The third kappa shape index (κ3) is 4.18. The summed E-state index contributed by atoms with van der Waals surface area (Å²) in [5.74, 6) is 0.0347. The topological polar surface area (TPSA) is 55.1 Å². The predicted octanol–water partition coefficient (Wildman–Crippen LogP) is 6.69. The van der Waals surface area contributed by atoms with E-state index in [1.165, 1.54) is 30.4 Å². The average Bonchev–Trinajstić information content (AvgIpc) is 3.23. The molecule has 1 aromatic heterocycles. The zero-order valence-electron chi connectivity index (χ0n) is 18.2. The predicted molar refractivity (Wildman–Crippen MR) is 128 cm³/mol. The van der Waals surface area contributed by atoms with Crippen LogP contribution in [0.4, 0.5) is 0 Å². The van der Waals surface area contributed by atoms with Crippen molar-refractivity contribution >= 4 is 17.0 Å². The van der Waals surface area contributed by atoms with E-state index in [0.29, 0.717) is 6.04 Å². The lowest BCUT2D eigenvalue weighted by atomic mass is 9.94. The van der Waals surface area contributed by atoms with E-state index >= 15 is 0 Å². The maximum absolute atomic E-state index is 11.5. The lowest BCUT2D eigenvalue weighted by Gasteiger charge is -2.25. The molecule has 162 valence electrons. The SMILES string of the molecule is O=C(O)c1ccc2c(c1)nc(-c1ccc(CCc3ccccc3)cc1)n2C1CCCCC1. The second-order valence-electron chi connectivity index (χ2n) is 8.79. The Balaban J connectivity index is 1.48. The van der Waals surface area contributed by atoms with Crippen molar-refractivity contribution in [1.82, 2.24) is 9.55 Å². The molecule has 0 unspecified atom stereocenters. The fourth-order valence-electron chi connectivity index (χ4n) is 4.90. The number of benzene rings is 3. The first kappa shape index (κ1) is 20.5. The average molecular weight is 425 g/mol. The molecule has 1 aliphatic rings. The Morgan fingerprint density at radius 2 is 1.56 bits per heavy atom. The van der Waals surface area contributed by atoms with E-state index in [0.717, 1.165) is 48.1 Å². The standard InChI is InChI=1S/C28H28N2O2/c31-28(32)23-17-18-26-25(19-23)29-27(30(26)24-9-5-2-6-10-24)22-15-13-21(14-16-22)12-11-20-7-3-1-4-8-20/h1,3-4,7-8,13-19,24H,2,5-6,9-12H2,(H,31,32). The first-order valence-corrected chi connectivity index (χ1v) is 11.6. The van der Waals surface area contributed by atoms with Gasteiger partial charge >= 0.3 is 5.97 Å². The second-order valence-corrected chi connectivity index (χ2v) is 8.79. The van der Waals surface area contributed by atoms with Crippen molar-refractivity contribution in [3.8, 4) is 11.4 Å². The molecule has 1 N–H and O–H groups in total. The molecule has 1 aliphatic carbocycles. The Labute approximate surface area is 188 Å². The molecule has 0 amide bonds. The van der Waals surface area contributed by atoms with Gasteiger partial charge < -0.3 is 9.67 Å². The normalized spacial score (nSPS) is 14.6. The molecule has 0 radical (unpaired) electrons. The number of rotatable bonds is 6. The van der Waals surface area contributed by atoms with Gasteiger partial charge in [0.2, 0.25) is 0 Å². The fraction of sp³-hybridized carbons (Fsp3) is 0.286. The summed E-state index contributed by atoms with van der Waals surface area (Å²) in [6.45, 7) is 0. The maximum Gasteiger partial charge on any atom is 0.335 e. The van der Waals surface area contributed by atoms with E-state index in [1.54, 1.807) is 12.1 Å². The summed E-state index contributed by atoms with van der Waals surface area (Å²) in [7, 11) is 0. The highest BCUT2D eigenvalue weighted by molar-refractivity contribution is 5.93. The summed E-state index contributed by atoms with van der Waals surface area (Å²) < 4.78 is 2.36. The molecule has 4 nitrogen and oxygen atoms in total. The van der Waals surface area contributed by atoms with Gasteiger partial charge in [0, 0.05) is 11.6 Å². The molecule has 5 rings (SSSR count). The number of fused-ring (bicyclic) bond motifs is 1. The number of carbonyl (C=O) groups is 1. The molecule has 0 atom stereocenters. The zero-order valence-corrected chi connectivity index (χ0v) is 18.2.